The number of rotatable bonds is 4. The van der Waals surface area contributed by atoms with Crippen molar-refractivity contribution in [1.29, 1.82) is 0 Å². The summed E-state index contributed by atoms with van der Waals surface area (Å²) in [6, 6.07) is 9.48. The fourth-order valence-corrected chi connectivity index (χ4v) is 3.86. The fourth-order valence-electron chi connectivity index (χ4n) is 3.02. The molecule has 1 aromatic carbocycles. The van der Waals surface area contributed by atoms with E-state index >= 15 is 0 Å². The average molecular weight is 374 g/mol. The maximum absolute atomic E-state index is 12.5. The summed E-state index contributed by atoms with van der Waals surface area (Å²) in [6.45, 7) is 6.44. The first-order valence-electron chi connectivity index (χ1n) is 8.57. The van der Waals surface area contributed by atoms with E-state index in [2.05, 4.69) is 4.98 Å². The van der Waals surface area contributed by atoms with Crippen molar-refractivity contribution in [3.63, 3.8) is 0 Å². The van der Waals surface area contributed by atoms with Crippen molar-refractivity contribution in [1.82, 2.24) is 9.88 Å². The van der Waals surface area contributed by atoms with Gasteiger partial charge in [0, 0.05) is 18.7 Å². The topological polar surface area (TPSA) is 68.7 Å². The van der Waals surface area contributed by atoms with E-state index in [0.717, 1.165) is 10.6 Å². The molecule has 2 heterocycles. The summed E-state index contributed by atoms with van der Waals surface area (Å²) in [5.41, 5.74) is 1.45. The van der Waals surface area contributed by atoms with Crippen LogP contribution in [0, 0.1) is 6.92 Å². The number of esters is 1. The van der Waals surface area contributed by atoms with Gasteiger partial charge < -0.3 is 14.4 Å². The molecule has 6 nitrogen and oxygen atoms in total. The van der Waals surface area contributed by atoms with Gasteiger partial charge in [-0.15, -0.1) is 11.3 Å². The second-order valence-electron chi connectivity index (χ2n) is 6.41. The van der Waals surface area contributed by atoms with Crippen LogP contribution in [0.2, 0.25) is 0 Å². The van der Waals surface area contributed by atoms with Gasteiger partial charge in [0.05, 0.1) is 22.9 Å². The summed E-state index contributed by atoms with van der Waals surface area (Å²) in [6.07, 6.45) is -0.0422. The highest BCUT2D eigenvalue weighted by molar-refractivity contribution is 7.14. The van der Waals surface area contributed by atoms with E-state index in [4.69, 9.17) is 9.47 Å². The number of hydrogen-bond donors (Lipinski definition) is 0. The number of aromatic nitrogens is 1. The van der Waals surface area contributed by atoms with E-state index in [1.165, 1.54) is 11.3 Å². The lowest BCUT2D eigenvalue weighted by molar-refractivity contribution is -0.146. The molecule has 1 aromatic heterocycles. The highest BCUT2D eigenvalue weighted by atomic mass is 32.1. The van der Waals surface area contributed by atoms with E-state index in [-0.39, 0.29) is 24.7 Å². The quantitative estimate of drug-likeness (QED) is 0.770. The molecule has 2 aromatic rings. The molecule has 0 N–H and O–H groups in total. The van der Waals surface area contributed by atoms with Gasteiger partial charge in [-0.1, -0.05) is 30.3 Å². The number of morpholine rings is 1. The fraction of sp³-hybridized carbons (Fsp3) is 0.421. The van der Waals surface area contributed by atoms with E-state index in [9.17, 15) is 9.59 Å². The number of ether oxygens (including phenoxy) is 2. The average Bonchev–Trinajstić information content (AvgIpc) is 3.01. The number of carbonyl (C=O) groups is 2. The van der Waals surface area contributed by atoms with Crippen molar-refractivity contribution in [2.75, 3.05) is 19.7 Å². The second kappa shape index (κ2) is 7.97. The van der Waals surface area contributed by atoms with Crippen LogP contribution < -0.4 is 0 Å². The molecule has 1 aliphatic heterocycles. The van der Waals surface area contributed by atoms with E-state index in [1.54, 1.807) is 4.90 Å². The van der Waals surface area contributed by atoms with Crippen LogP contribution in [0.4, 0.5) is 0 Å². The number of nitrogens with zero attached hydrogens (tertiary/aromatic N) is 2. The molecule has 0 unspecified atom stereocenters. The first-order chi connectivity index (χ1) is 12.4. The first kappa shape index (κ1) is 18.5. The molecule has 2 atom stereocenters. The number of aryl methyl sites for hydroxylation is 1. The van der Waals surface area contributed by atoms with Crippen molar-refractivity contribution in [2.24, 2.45) is 0 Å². The molecule has 7 heteroatoms. The van der Waals surface area contributed by atoms with Crippen LogP contribution >= 0.6 is 11.3 Å². The highest BCUT2D eigenvalue weighted by Gasteiger charge is 2.27. The van der Waals surface area contributed by atoms with Crippen LogP contribution in [0.25, 0.3) is 11.3 Å². The zero-order chi connectivity index (χ0) is 18.7. The summed E-state index contributed by atoms with van der Waals surface area (Å²) in [7, 11) is 0. The highest BCUT2D eigenvalue weighted by Crippen LogP contribution is 2.28. The Hall–Kier alpha value is -2.25. The largest absolute Gasteiger partial charge is 0.451 e. The minimum atomic E-state index is -0.517. The van der Waals surface area contributed by atoms with Gasteiger partial charge in [-0.2, -0.15) is 0 Å². The van der Waals surface area contributed by atoms with Crippen molar-refractivity contribution in [2.45, 2.75) is 33.0 Å². The van der Waals surface area contributed by atoms with Crippen LogP contribution in [0.3, 0.4) is 0 Å². The lowest BCUT2D eigenvalue weighted by atomic mass is 10.1. The number of amides is 1. The molecule has 0 radical (unpaired) electrons. The first-order valence-corrected chi connectivity index (χ1v) is 9.39. The molecular weight excluding hydrogens is 352 g/mol. The van der Waals surface area contributed by atoms with Gasteiger partial charge in [-0.25, -0.2) is 9.78 Å². The van der Waals surface area contributed by atoms with Crippen molar-refractivity contribution >= 4 is 23.2 Å². The van der Waals surface area contributed by atoms with Crippen molar-refractivity contribution in [3.8, 4) is 11.3 Å². The Kier molecular flexibility index (Phi) is 5.68. The molecule has 3 rings (SSSR count). The molecule has 0 saturated carbocycles. The zero-order valence-electron chi connectivity index (χ0n) is 15.1. The van der Waals surface area contributed by atoms with Gasteiger partial charge in [-0.3, -0.25) is 4.79 Å². The Bertz CT molecular complexity index is 780. The van der Waals surface area contributed by atoms with E-state index in [0.29, 0.717) is 23.7 Å². The minimum Gasteiger partial charge on any atom is -0.451 e. The molecule has 138 valence electrons. The molecule has 1 saturated heterocycles. The number of thiazole rings is 1. The molecule has 1 aliphatic rings. The van der Waals surface area contributed by atoms with Crippen LogP contribution in [-0.4, -0.2) is 53.7 Å². The maximum atomic E-state index is 12.5. The van der Waals surface area contributed by atoms with Crippen molar-refractivity contribution in [3.05, 3.63) is 40.2 Å². The third-order valence-electron chi connectivity index (χ3n) is 4.07. The Morgan fingerprint density at radius 2 is 1.88 bits per heavy atom. The molecule has 26 heavy (non-hydrogen) atoms. The Morgan fingerprint density at radius 3 is 2.54 bits per heavy atom. The predicted molar refractivity (Wildman–Crippen MR) is 99.2 cm³/mol. The standard InChI is InChI=1S/C19H22N2O4S/c1-12-9-21(10-13(2)25-12)16(22)11-24-19(23)18-17(20-14(3)26-18)15-7-5-4-6-8-15/h4-8,12-13H,9-11H2,1-3H3/t12-,13-/m0/s1. The smallest absolute Gasteiger partial charge is 0.351 e. The normalized spacial score (nSPS) is 20.0. The second-order valence-corrected chi connectivity index (χ2v) is 7.61. The number of hydrogen-bond acceptors (Lipinski definition) is 6. The summed E-state index contributed by atoms with van der Waals surface area (Å²) in [5, 5.41) is 0.776. The summed E-state index contributed by atoms with van der Waals surface area (Å²) >= 11 is 1.27. The molecule has 1 fully saturated rings. The monoisotopic (exact) mass is 374 g/mol. The SMILES string of the molecule is Cc1nc(-c2ccccc2)c(C(=O)OCC(=O)N2C[C@H](C)O[C@@H](C)C2)s1. The Morgan fingerprint density at radius 1 is 1.23 bits per heavy atom. The Balaban J connectivity index is 1.67. The van der Waals surface area contributed by atoms with Gasteiger partial charge >= 0.3 is 5.97 Å². The van der Waals surface area contributed by atoms with E-state index < -0.39 is 5.97 Å². The third kappa shape index (κ3) is 4.28. The maximum Gasteiger partial charge on any atom is 0.351 e. The van der Waals surface area contributed by atoms with Gasteiger partial charge in [0.25, 0.3) is 5.91 Å². The number of carbonyl (C=O) groups excluding carboxylic acids is 2. The van der Waals surface area contributed by atoms with Crippen LogP contribution in [0.5, 0.6) is 0 Å². The lowest BCUT2D eigenvalue weighted by Gasteiger charge is -2.35. The van der Waals surface area contributed by atoms with Crippen molar-refractivity contribution < 1.29 is 19.1 Å². The predicted octanol–water partition coefficient (Wildman–Crippen LogP) is 2.91. The van der Waals surface area contributed by atoms with Gasteiger partial charge in [0.1, 0.15) is 4.88 Å². The zero-order valence-corrected chi connectivity index (χ0v) is 15.9. The van der Waals surface area contributed by atoms with Crippen LogP contribution in [-0.2, 0) is 14.3 Å². The summed E-state index contributed by atoms with van der Waals surface area (Å²) in [4.78, 5) is 31.4. The van der Waals surface area contributed by atoms with Gasteiger partial charge in [-0.05, 0) is 20.8 Å². The van der Waals surface area contributed by atoms with Gasteiger partial charge in [0.2, 0.25) is 0 Å². The molecule has 0 bridgehead atoms. The Labute approximate surface area is 156 Å². The molecule has 0 spiro atoms. The summed E-state index contributed by atoms with van der Waals surface area (Å²) in [5.74, 6) is -0.722. The molecule has 0 aliphatic carbocycles. The minimum absolute atomic E-state index is 0.0211. The molecule has 1 amide bonds. The lowest BCUT2D eigenvalue weighted by Crippen LogP contribution is -2.49. The van der Waals surface area contributed by atoms with E-state index in [1.807, 2.05) is 51.1 Å². The van der Waals surface area contributed by atoms with Crippen LogP contribution in [0.1, 0.15) is 28.5 Å². The van der Waals surface area contributed by atoms with Crippen LogP contribution in [0.15, 0.2) is 30.3 Å². The molecular formula is C19H22N2O4S. The van der Waals surface area contributed by atoms with Gasteiger partial charge in [0.15, 0.2) is 6.61 Å². The third-order valence-corrected chi connectivity index (χ3v) is 5.02. The number of benzene rings is 1. The summed E-state index contributed by atoms with van der Waals surface area (Å²) < 4.78 is 10.9.